The number of carbonyl (C=O) groups excluding carboxylic acids is 1. The summed E-state index contributed by atoms with van der Waals surface area (Å²) in [6, 6.07) is 16.9. The highest BCUT2D eigenvalue weighted by Gasteiger charge is 2.30. The second kappa shape index (κ2) is 8.86. The molecule has 0 unspecified atom stereocenters. The number of carbonyl (C=O) groups is 1. The van der Waals surface area contributed by atoms with Crippen molar-refractivity contribution in [2.45, 2.75) is 13.5 Å². The molecule has 1 aliphatic heterocycles. The van der Waals surface area contributed by atoms with E-state index >= 15 is 0 Å². The summed E-state index contributed by atoms with van der Waals surface area (Å²) in [7, 11) is 3.23. The van der Waals surface area contributed by atoms with Crippen LogP contribution < -0.4 is 18.9 Å². The Hall–Kier alpha value is -3.25. The monoisotopic (exact) mass is 480 g/mol. The van der Waals surface area contributed by atoms with Gasteiger partial charge in [-0.25, -0.2) is 0 Å². The van der Waals surface area contributed by atoms with Crippen LogP contribution in [0.5, 0.6) is 23.0 Å². The first-order valence-corrected chi connectivity index (χ1v) is 10.5. The summed E-state index contributed by atoms with van der Waals surface area (Å²) in [5.74, 6) is 2.68. The molecule has 31 heavy (non-hydrogen) atoms. The van der Waals surface area contributed by atoms with Gasteiger partial charge in [0, 0.05) is 16.1 Å². The van der Waals surface area contributed by atoms with Gasteiger partial charge in [0.15, 0.2) is 5.76 Å². The number of benzene rings is 3. The molecule has 0 atom stereocenters. The van der Waals surface area contributed by atoms with E-state index in [1.165, 1.54) is 0 Å². The molecule has 158 valence electrons. The smallest absolute Gasteiger partial charge is 0.232 e. The fourth-order valence-electron chi connectivity index (χ4n) is 3.41. The topological polar surface area (TPSA) is 54.0 Å². The summed E-state index contributed by atoms with van der Waals surface area (Å²) in [4.78, 5) is 13.0. The first-order valence-electron chi connectivity index (χ1n) is 9.66. The molecule has 0 saturated heterocycles. The molecule has 0 bridgehead atoms. The molecule has 0 N–H and O–H groups in total. The maximum absolute atomic E-state index is 13.0. The van der Waals surface area contributed by atoms with E-state index in [9.17, 15) is 4.79 Å². The normalized spacial score (nSPS) is 13.7. The number of rotatable bonds is 6. The van der Waals surface area contributed by atoms with E-state index in [0.717, 1.165) is 26.9 Å². The predicted octanol–water partition coefficient (Wildman–Crippen LogP) is 5.97. The number of ether oxygens (including phenoxy) is 4. The second-order valence-corrected chi connectivity index (χ2v) is 7.99. The van der Waals surface area contributed by atoms with Crippen LogP contribution >= 0.6 is 15.9 Å². The van der Waals surface area contributed by atoms with Crippen molar-refractivity contribution in [3.05, 3.63) is 87.1 Å². The van der Waals surface area contributed by atoms with Crippen LogP contribution in [0.1, 0.15) is 27.0 Å². The van der Waals surface area contributed by atoms with Crippen LogP contribution in [0.3, 0.4) is 0 Å². The molecule has 0 aliphatic carbocycles. The molecule has 0 radical (unpaired) electrons. The minimum Gasteiger partial charge on any atom is -0.497 e. The Morgan fingerprint density at radius 2 is 1.74 bits per heavy atom. The zero-order chi connectivity index (χ0) is 22.0. The van der Waals surface area contributed by atoms with Gasteiger partial charge in [0.25, 0.3) is 0 Å². The molecule has 5 nitrogen and oxygen atoms in total. The van der Waals surface area contributed by atoms with Gasteiger partial charge in [0.1, 0.15) is 29.6 Å². The predicted molar refractivity (Wildman–Crippen MR) is 122 cm³/mol. The lowest BCUT2D eigenvalue weighted by Gasteiger charge is -2.10. The number of allylic oxidation sites excluding steroid dienone is 1. The molecule has 4 rings (SSSR count). The van der Waals surface area contributed by atoms with E-state index in [1.54, 1.807) is 26.4 Å². The Balaban J connectivity index is 1.57. The number of methoxy groups -OCH3 is 2. The Bertz CT molecular complexity index is 1170. The SMILES string of the molecule is COc1ccc(COc2cc(C)c3c(c2)O/C(=C\c2cc(Br)ccc2OC)C3=O)cc1. The number of halogens is 1. The molecule has 1 heterocycles. The van der Waals surface area contributed by atoms with E-state index in [-0.39, 0.29) is 11.5 Å². The first kappa shape index (κ1) is 21.0. The van der Waals surface area contributed by atoms with Gasteiger partial charge < -0.3 is 18.9 Å². The van der Waals surface area contributed by atoms with Gasteiger partial charge in [-0.1, -0.05) is 28.1 Å². The summed E-state index contributed by atoms with van der Waals surface area (Å²) in [6.45, 7) is 2.27. The van der Waals surface area contributed by atoms with E-state index in [1.807, 2.05) is 55.5 Å². The maximum atomic E-state index is 13.0. The third-order valence-corrected chi connectivity index (χ3v) is 5.48. The number of aryl methyl sites for hydroxylation is 1. The standard InChI is InChI=1S/C25H21BrO5/c1-15-10-20(30-14-16-4-7-19(28-2)8-5-16)13-22-24(15)25(27)23(31-22)12-17-11-18(26)6-9-21(17)29-3/h4-13H,14H2,1-3H3/b23-12-. The fourth-order valence-corrected chi connectivity index (χ4v) is 3.79. The number of hydrogen-bond acceptors (Lipinski definition) is 5. The average molecular weight is 481 g/mol. The van der Waals surface area contributed by atoms with Crippen molar-refractivity contribution >= 4 is 27.8 Å². The van der Waals surface area contributed by atoms with Gasteiger partial charge in [-0.05, 0) is 60.5 Å². The van der Waals surface area contributed by atoms with Crippen molar-refractivity contribution in [3.8, 4) is 23.0 Å². The lowest BCUT2D eigenvalue weighted by atomic mass is 10.0. The van der Waals surface area contributed by atoms with E-state index < -0.39 is 0 Å². The van der Waals surface area contributed by atoms with Gasteiger partial charge in [-0.3, -0.25) is 4.79 Å². The minimum atomic E-state index is -0.156. The van der Waals surface area contributed by atoms with Gasteiger partial charge in [-0.2, -0.15) is 0 Å². The molecule has 6 heteroatoms. The fraction of sp³-hybridized carbons (Fsp3) is 0.160. The summed E-state index contributed by atoms with van der Waals surface area (Å²) >= 11 is 3.45. The van der Waals surface area contributed by atoms with Crippen molar-refractivity contribution in [2.24, 2.45) is 0 Å². The van der Waals surface area contributed by atoms with Gasteiger partial charge in [0.2, 0.25) is 5.78 Å². The molecule has 3 aromatic carbocycles. The maximum Gasteiger partial charge on any atom is 0.232 e. The number of Topliss-reactive ketones (excluding diaryl/α,β-unsaturated/α-hetero) is 1. The molecule has 0 spiro atoms. The second-order valence-electron chi connectivity index (χ2n) is 7.08. The summed E-state index contributed by atoms with van der Waals surface area (Å²) in [5.41, 5.74) is 3.12. The number of hydrogen-bond donors (Lipinski definition) is 0. The van der Waals surface area contributed by atoms with Crippen molar-refractivity contribution in [1.82, 2.24) is 0 Å². The first-order chi connectivity index (χ1) is 15.0. The van der Waals surface area contributed by atoms with Crippen LogP contribution in [0.2, 0.25) is 0 Å². The molecular formula is C25H21BrO5. The van der Waals surface area contributed by atoms with Crippen molar-refractivity contribution in [1.29, 1.82) is 0 Å². The highest BCUT2D eigenvalue weighted by Crippen LogP contribution is 2.38. The molecule has 1 aliphatic rings. The van der Waals surface area contributed by atoms with Crippen LogP contribution in [-0.2, 0) is 6.61 Å². The number of fused-ring (bicyclic) bond motifs is 1. The average Bonchev–Trinajstić information content (AvgIpc) is 3.08. The van der Waals surface area contributed by atoms with E-state index in [4.69, 9.17) is 18.9 Å². The summed E-state index contributed by atoms with van der Waals surface area (Å²) in [5, 5.41) is 0. The molecule has 0 aromatic heterocycles. The minimum absolute atomic E-state index is 0.156. The Morgan fingerprint density at radius 1 is 0.968 bits per heavy atom. The summed E-state index contributed by atoms with van der Waals surface area (Å²) < 4.78 is 23.3. The van der Waals surface area contributed by atoms with Crippen molar-refractivity contribution in [2.75, 3.05) is 14.2 Å². The van der Waals surface area contributed by atoms with Crippen LogP contribution in [-0.4, -0.2) is 20.0 Å². The molecule has 3 aromatic rings. The Kier molecular flexibility index (Phi) is 6.00. The highest BCUT2D eigenvalue weighted by molar-refractivity contribution is 9.10. The summed E-state index contributed by atoms with van der Waals surface area (Å²) in [6.07, 6.45) is 1.70. The molecule has 0 fully saturated rings. The van der Waals surface area contributed by atoms with Crippen LogP contribution in [0, 0.1) is 6.92 Å². The molecule has 0 amide bonds. The van der Waals surface area contributed by atoms with Gasteiger partial charge in [-0.15, -0.1) is 0 Å². The van der Waals surface area contributed by atoms with Crippen LogP contribution in [0.15, 0.2) is 64.8 Å². The third-order valence-electron chi connectivity index (χ3n) is 4.99. The zero-order valence-electron chi connectivity index (χ0n) is 17.4. The largest absolute Gasteiger partial charge is 0.497 e. The van der Waals surface area contributed by atoms with Crippen molar-refractivity contribution in [3.63, 3.8) is 0 Å². The molecular weight excluding hydrogens is 460 g/mol. The van der Waals surface area contributed by atoms with Crippen molar-refractivity contribution < 1.29 is 23.7 Å². The van der Waals surface area contributed by atoms with Gasteiger partial charge in [0.05, 0.1) is 19.8 Å². The van der Waals surface area contributed by atoms with Crippen LogP contribution in [0.25, 0.3) is 6.08 Å². The Labute approximate surface area is 189 Å². The zero-order valence-corrected chi connectivity index (χ0v) is 19.0. The van der Waals surface area contributed by atoms with Gasteiger partial charge >= 0.3 is 0 Å². The lowest BCUT2D eigenvalue weighted by Crippen LogP contribution is -2.00. The van der Waals surface area contributed by atoms with E-state index in [0.29, 0.717) is 29.4 Å². The third kappa shape index (κ3) is 4.44. The lowest BCUT2D eigenvalue weighted by molar-refractivity contribution is 0.101. The Morgan fingerprint density at radius 3 is 2.45 bits per heavy atom. The quantitative estimate of drug-likeness (QED) is 0.406. The number of ketones is 1. The van der Waals surface area contributed by atoms with E-state index in [2.05, 4.69) is 15.9 Å². The molecule has 0 saturated carbocycles. The van der Waals surface area contributed by atoms with Crippen LogP contribution in [0.4, 0.5) is 0 Å². The highest BCUT2D eigenvalue weighted by atomic mass is 79.9.